The first kappa shape index (κ1) is 15.2. The van der Waals surface area contributed by atoms with Crippen molar-refractivity contribution in [2.45, 2.75) is 32.4 Å². The van der Waals surface area contributed by atoms with Crippen molar-refractivity contribution in [3.63, 3.8) is 0 Å². The zero-order chi connectivity index (χ0) is 14.4. The molecule has 1 amide bonds. The van der Waals surface area contributed by atoms with Gasteiger partial charge in [-0.3, -0.25) is 4.79 Å². The van der Waals surface area contributed by atoms with E-state index in [-0.39, 0.29) is 5.92 Å². The number of amides is 1. The molecule has 1 aromatic carbocycles. The summed E-state index contributed by atoms with van der Waals surface area (Å²) in [7, 11) is 0. The number of nitrogens with two attached hydrogens (primary N) is 1. The molecule has 5 heteroatoms. The molecule has 0 aliphatic carbocycles. The minimum Gasteiger partial charge on any atom is -0.479 e. The van der Waals surface area contributed by atoms with Gasteiger partial charge < -0.3 is 16.2 Å². The van der Waals surface area contributed by atoms with Gasteiger partial charge in [0.15, 0.2) is 6.04 Å². The Morgan fingerprint density at radius 2 is 1.84 bits per heavy atom. The quantitative estimate of drug-likeness (QED) is 0.722. The zero-order valence-corrected chi connectivity index (χ0v) is 11.2. The molecule has 5 nitrogen and oxygen atoms in total. The number of hydrogen-bond acceptors (Lipinski definition) is 3. The summed E-state index contributed by atoms with van der Waals surface area (Å²) in [5, 5.41) is 11.7. The number of carboxylic acid groups (broad SMARTS) is 1. The summed E-state index contributed by atoms with van der Waals surface area (Å²) in [6.07, 6.45) is 0.521. The average Bonchev–Trinajstić information content (AvgIpc) is 2.35. The van der Waals surface area contributed by atoms with Gasteiger partial charge in [0.25, 0.3) is 0 Å². The summed E-state index contributed by atoms with van der Waals surface area (Å²) >= 11 is 0. The first-order valence-corrected chi connectivity index (χ1v) is 6.25. The second kappa shape index (κ2) is 6.89. The van der Waals surface area contributed by atoms with Crippen LogP contribution < -0.4 is 11.1 Å². The lowest BCUT2D eigenvalue weighted by Gasteiger charge is -2.19. The van der Waals surface area contributed by atoms with Crippen LogP contribution in [-0.2, 0) is 9.59 Å². The van der Waals surface area contributed by atoms with Crippen LogP contribution in [-0.4, -0.2) is 23.0 Å². The molecular weight excluding hydrogens is 244 g/mol. The monoisotopic (exact) mass is 264 g/mol. The van der Waals surface area contributed by atoms with E-state index in [4.69, 9.17) is 5.73 Å². The highest BCUT2D eigenvalue weighted by atomic mass is 16.4. The van der Waals surface area contributed by atoms with Crippen LogP contribution in [0.1, 0.15) is 31.9 Å². The number of benzene rings is 1. The maximum absolute atomic E-state index is 11.9. The second-order valence-electron chi connectivity index (χ2n) is 4.93. The van der Waals surface area contributed by atoms with Crippen LogP contribution in [0, 0.1) is 5.92 Å². The fraction of sp³-hybridized carbons (Fsp3) is 0.429. The van der Waals surface area contributed by atoms with Crippen LogP contribution in [0.4, 0.5) is 0 Å². The highest BCUT2D eigenvalue weighted by Crippen LogP contribution is 2.13. The Kier molecular flexibility index (Phi) is 5.51. The van der Waals surface area contributed by atoms with Crippen molar-refractivity contribution < 1.29 is 14.7 Å². The number of carbonyl (C=O) groups is 2. The van der Waals surface area contributed by atoms with Gasteiger partial charge in [-0.15, -0.1) is 0 Å². The lowest BCUT2D eigenvalue weighted by Crippen LogP contribution is -2.44. The van der Waals surface area contributed by atoms with E-state index in [9.17, 15) is 14.7 Å². The van der Waals surface area contributed by atoms with Crippen LogP contribution in [0.2, 0.25) is 0 Å². The Labute approximate surface area is 112 Å². The van der Waals surface area contributed by atoms with E-state index in [0.717, 1.165) is 0 Å². The largest absolute Gasteiger partial charge is 0.479 e. The highest BCUT2D eigenvalue weighted by Gasteiger charge is 2.24. The molecule has 0 heterocycles. The number of carboxylic acids is 1. The molecule has 0 radical (unpaired) electrons. The third kappa shape index (κ3) is 4.71. The smallest absolute Gasteiger partial charge is 0.330 e. The number of nitrogens with one attached hydrogen (secondary N) is 1. The van der Waals surface area contributed by atoms with E-state index in [1.807, 2.05) is 13.8 Å². The molecule has 0 bridgehead atoms. The van der Waals surface area contributed by atoms with Crippen molar-refractivity contribution in [2.24, 2.45) is 11.7 Å². The molecule has 0 fully saturated rings. The van der Waals surface area contributed by atoms with Gasteiger partial charge in [-0.1, -0.05) is 44.2 Å². The molecule has 1 unspecified atom stereocenters. The number of rotatable bonds is 6. The van der Waals surface area contributed by atoms with Gasteiger partial charge in [-0.25, -0.2) is 4.79 Å². The molecule has 0 aliphatic heterocycles. The predicted octanol–water partition coefficient (Wildman–Crippen LogP) is 1.30. The summed E-state index contributed by atoms with van der Waals surface area (Å²) in [4.78, 5) is 23.1. The maximum Gasteiger partial charge on any atom is 0.330 e. The van der Waals surface area contributed by atoms with Crippen LogP contribution in [0.25, 0.3) is 0 Å². The van der Waals surface area contributed by atoms with Gasteiger partial charge in [-0.05, 0) is 17.9 Å². The molecule has 0 aromatic heterocycles. The maximum atomic E-state index is 11.9. The van der Waals surface area contributed by atoms with E-state index in [0.29, 0.717) is 12.0 Å². The SMILES string of the molecule is CC(C)CC(N)C(=O)N[C@@H](C(=O)O)c1ccccc1. The van der Waals surface area contributed by atoms with E-state index in [1.54, 1.807) is 30.3 Å². The van der Waals surface area contributed by atoms with Crippen LogP contribution in [0.15, 0.2) is 30.3 Å². The van der Waals surface area contributed by atoms with Crippen LogP contribution in [0.5, 0.6) is 0 Å². The predicted molar refractivity (Wildman–Crippen MR) is 72.4 cm³/mol. The standard InChI is InChI=1S/C14H20N2O3/c1-9(2)8-11(15)13(17)16-12(14(18)19)10-6-4-3-5-7-10/h3-7,9,11-12H,8,15H2,1-2H3,(H,16,17)(H,18,19)/t11?,12-/m1/s1. The van der Waals surface area contributed by atoms with Gasteiger partial charge in [-0.2, -0.15) is 0 Å². The van der Waals surface area contributed by atoms with Crippen molar-refractivity contribution in [3.8, 4) is 0 Å². The van der Waals surface area contributed by atoms with Crippen molar-refractivity contribution in [2.75, 3.05) is 0 Å². The molecule has 104 valence electrons. The van der Waals surface area contributed by atoms with Crippen molar-refractivity contribution in [1.82, 2.24) is 5.32 Å². The van der Waals surface area contributed by atoms with E-state index >= 15 is 0 Å². The molecule has 0 saturated carbocycles. The molecule has 1 aromatic rings. The number of aliphatic carboxylic acids is 1. The number of hydrogen-bond donors (Lipinski definition) is 3. The molecule has 0 saturated heterocycles. The molecule has 4 N–H and O–H groups in total. The highest BCUT2D eigenvalue weighted by molar-refractivity contribution is 5.87. The van der Waals surface area contributed by atoms with Crippen molar-refractivity contribution in [1.29, 1.82) is 0 Å². The molecule has 19 heavy (non-hydrogen) atoms. The summed E-state index contributed by atoms with van der Waals surface area (Å²) in [6.45, 7) is 3.91. The molecule has 2 atom stereocenters. The summed E-state index contributed by atoms with van der Waals surface area (Å²) in [5.41, 5.74) is 6.27. The third-order valence-electron chi connectivity index (χ3n) is 2.73. The normalized spacial score (nSPS) is 13.9. The van der Waals surface area contributed by atoms with Crippen LogP contribution in [0.3, 0.4) is 0 Å². The lowest BCUT2D eigenvalue weighted by atomic mass is 10.0. The van der Waals surface area contributed by atoms with E-state index < -0.39 is 24.0 Å². The minimum atomic E-state index is -1.10. The van der Waals surface area contributed by atoms with Crippen molar-refractivity contribution >= 4 is 11.9 Å². The lowest BCUT2D eigenvalue weighted by molar-refractivity contribution is -0.142. The summed E-state index contributed by atoms with van der Waals surface area (Å²) in [6, 6.07) is 6.81. The fourth-order valence-electron chi connectivity index (χ4n) is 1.80. The topological polar surface area (TPSA) is 92.4 Å². The first-order valence-electron chi connectivity index (χ1n) is 6.25. The Hall–Kier alpha value is -1.88. The van der Waals surface area contributed by atoms with Gasteiger partial charge in [0, 0.05) is 0 Å². The van der Waals surface area contributed by atoms with Crippen molar-refractivity contribution in [3.05, 3.63) is 35.9 Å². The third-order valence-corrected chi connectivity index (χ3v) is 2.73. The van der Waals surface area contributed by atoms with Gasteiger partial charge in [0.1, 0.15) is 0 Å². The van der Waals surface area contributed by atoms with E-state index in [2.05, 4.69) is 5.32 Å². The van der Waals surface area contributed by atoms with Gasteiger partial charge in [0.2, 0.25) is 5.91 Å². The molecule has 1 rings (SSSR count). The molecular formula is C14H20N2O3. The molecule has 0 spiro atoms. The zero-order valence-electron chi connectivity index (χ0n) is 11.2. The summed E-state index contributed by atoms with van der Waals surface area (Å²) < 4.78 is 0. The Morgan fingerprint density at radius 1 is 1.26 bits per heavy atom. The first-order chi connectivity index (χ1) is 8.91. The van der Waals surface area contributed by atoms with Gasteiger partial charge in [0.05, 0.1) is 6.04 Å². The fourth-order valence-corrected chi connectivity index (χ4v) is 1.80. The van der Waals surface area contributed by atoms with Crippen LogP contribution >= 0.6 is 0 Å². The Balaban J connectivity index is 2.75. The summed E-state index contributed by atoms with van der Waals surface area (Å²) in [5.74, 6) is -1.26. The van der Waals surface area contributed by atoms with Gasteiger partial charge >= 0.3 is 5.97 Å². The van der Waals surface area contributed by atoms with E-state index in [1.165, 1.54) is 0 Å². The minimum absolute atomic E-state index is 0.278. The Morgan fingerprint density at radius 3 is 2.32 bits per heavy atom. The average molecular weight is 264 g/mol. The Bertz CT molecular complexity index is 432. The molecule has 0 aliphatic rings. The number of carbonyl (C=O) groups excluding carboxylic acids is 1. The second-order valence-corrected chi connectivity index (χ2v) is 4.93.